The summed E-state index contributed by atoms with van der Waals surface area (Å²) in [6, 6.07) is 4.45. The average Bonchev–Trinajstić information content (AvgIpc) is 2.76. The van der Waals surface area contributed by atoms with Gasteiger partial charge in [0.1, 0.15) is 0 Å². The number of nitro benzene ring substituents is 1. The molecule has 3 N–H and O–H groups in total. The van der Waals surface area contributed by atoms with Crippen LogP contribution in [0.15, 0.2) is 23.4 Å². The molecule has 1 fully saturated rings. The monoisotopic (exact) mass is 278 g/mol. The van der Waals surface area contributed by atoms with Crippen LogP contribution in [0.25, 0.3) is 0 Å². The molecule has 0 unspecified atom stereocenters. The second kappa shape index (κ2) is 4.99. The third-order valence-electron chi connectivity index (χ3n) is 3.77. The minimum atomic E-state index is -0.493. The molecule has 0 amide bonds. The molecule has 108 valence electrons. The van der Waals surface area contributed by atoms with Crippen molar-refractivity contribution in [2.45, 2.75) is 32.2 Å². The van der Waals surface area contributed by atoms with Crippen molar-refractivity contribution in [2.75, 3.05) is 11.4 Å². The normalized spacial score (nSPS) is 18.3. The molecule has 7 heteroatoms. The Hall–Kier alpha value is -2.31. The Bertz CT molecular complexity index is 569. The Morgan fingerprint density at radius 3 is 2.75 bits per heavy atom. The van der Waals surface area contributed by atoms with Gasteiger partial charge >= 0.3 is 0 Å². The van der Waals surface area contributed by atoms with Gasteiger partial charge in [-0.1, -0.05) is 5.16 Å². The summed E-state index contributed by atoms with van der Waals surface area (Å²) in [6.45, 7) is 5.06. The van der Waals surface area contributed by atoms with Gasteiger partial charge in [-0.25, -0.2) is 0 Å². The first-order valence-electron chi connectivity index (χ1n) is 6.41. The van der Waals surface area contributed by atoms with E-state index in [1.807, 2.05) is 0 Å². The second-order valence-corrected chi connectivity index (χ2v) is 5.51. The molecular weight excluding hydrogens is 260 g/mol. The fraction of sp³-hybridized carbons (Fsp3) is 0.462. The van der Waals surface area contributed by atoms with Gasteiger partial charge in [0, 0.05) is 29.9 Å². The van der Waals surface area contributed by atoms with Gasteiger partial charge in [0.15, 0.2) is 5.84 Å². The number of nitro groups is 1. The molecule has 1 heterocycles. The number of rotatable bonds is 3. The van der Waals surface area contributed by atoms with Crippen LogP contribution in [-0.2, 0) is 0 Å². The van der Waals surface area contributed by atoms with Crippen LogP contribution < -0.4 is 10.6 Å². The van der Waals surface area contributed by atoms with Crippen LogP contribution in [0.3, 0.4) is 0 Å². The van der Waals surface area contributed by atoms with Gasteiger partial charge in [0.2, 0.25) is 0 Å². The summed E-state index contributed by atoms with van der Waals surface area (Å²) in [5, 5.41) is 22.7. The highest BCUT2D eigenvalue weighted by Crippen LogP contribution is 2.36. The standard InChI is InChI=1S/C13H18N4O3/c1-13(2)6-3-7-16(13)11-5-4-9(17(19)20)8-10(11)12(14)15-18/h4-5,8,18H,3,6-7H2,1-2H3,(H2,14,15). The lowest BCUT2D eigenvalue weighted by Gasteiger charge is -2.34. The van der Waals surface area contributed by atoms with Gasteiger partial charge in [0.25, 0.3) is 5.69 Å². The third kappa shape index (κ3) is 2.38. The van der Waals surface area contributed by atoms with Crippen molar-refractivity contribution in [3.63, 3.8) is 0 Å². The van der Waals surface area contributed by atoms with Crippen LogP contribution in [0.5, 0.6) is 0 Å². The van der Waals surface area contributed by atoms with Crippen molar-refractivity contribution >= 4 is 17.2 Å². The first-order valence-corrected chi connectivity index (χ1v) is 6.41. The Kier molecular flexibility index (Phi) is 3.52. The number of nitrogens with zero attached hydrogens (tertiary/aromatic N) is 3. The summed E-state index contributed by atoms with van der Waals surface area (Å²) < 4.78 is 0. The summed E-state index contributed by atoms with van der Waals surface area (Å²) in [5.74, 6) is -0.119. The molecule has 0 aromatic heterocycles. The van der Waals surface area contributed by atoms with Crippen molar-refractivity contribution in [3.05, 3.63) is 33.9 Å². The predicted octanol–water partition coefficient (Wildman–Crippen LogP) is 2.07. The number of amidine groups is 1. The molecule has 0 aliphatic carbocycles. The fourth-order valence-electron chi connectivity index (χ4n) is 2.69. The highest BCUT2D eigenvalue weighted by atomic mass is 16.6. The highest BCUT2D eigenvalue weighted by molar-refractivity contribution is 6.03. The van der Waals surface area contributed by atoms with E-state index < -0.39 is 4.92 Å². The van der Waals surface area contributed by atoms with Gasteiger partial charge < -0.3 is 15.8 Å². The summed E-state index contributed by atoms with van der Waals surface area (Å²) in [5.41, 5.74) is 6.68. The molecule has 1 saturated heterocycles. The van der Waals surface area contributed by atoms with E-state index in [-0.39, 0.29) is 17.1 Å². The van der Waals surface area contributed by atoms with E-state index in [0.29, 0.717) is 5.56 Å². The maximum absolute atomic E-state index is 10.9. The predicted molar refractivity (Wildman–Crippen MR) is 76.3 cm³/mol. The number of hydrogen-bond donors (Lipinski definition) is 2. The topological polar surface area (TPSA) is 105 Å². The van der Waals surface area contributed by atoms with Gasteiger partial charge in [-0.15, -0.1) is 0 Å². The molecule has 7 nitrogen and oxygen atoms in total. The van der Waals surface area contributed by atoms with E-state index in [0.717, 1.165) is 25.1 Å². The van der Waals surface area contributed by atoms with Crippen LogP contribution in [-0.4, -0.2) is 28.0 Å². The number of oxime groups is 1. The zero-order valence-corrected chi connectivity index (χ0v) is 11.5. The molecular formula is C13H18N4O3. The number of hydrogen-bond acceptors (Lipinski definition) is 5. The molecule has 0 atom stereocenters. The number of benzene rings is 1. The zero-order chi connectivity index (χ0) is 14.9. The molecule has 1 aromatic carbocycles. The van der Waals surface area contributed by atoms with Gasteiger partial charge in [-0.3, -0.25) is 10.1 Å². The molecule has 1 aliphatic heterocycles. The molecule has 0 bridgehead atoms. The van der Waals surface area contributed by atoms with Crippen molar-refractivity contribution in [3.8, 4) is 0 Å². The molecule has 0 spiro atoms. The third-order valence-corrected chi connectivity index (χ3v) is 3.77. The maximum atomic E-state index is 10.9. The lowest BCUT2D eigenvalue weighted by Crippen LogP contribution is -2.39. The minimum absolute atomic E-state index is 0.0549. The van der Waals surface area contributed by atoms with Gasteiger partial charge in [-0.05, 0) is 32.8 Å². The van der Waals surface area contributed by atoms with Crippen molar-refractivity contribution in [1.82, 2.24) is 0 Å². The van der Waals surface area contributed by atoms with Crippen molar-refractivity contribution in [1.29, 1.82) is 0 Å². The Morgan fingerprint density at radius 2 is 2.25 bits per heavy atom. The Labute approximate surface area is 116 Å². The number of nitrogens with two attached hydrogens (primary N) is 1. The van der Waals surface area contributed by atoms with Crippen LogP contribution in [0.1, 0.15) is 32.3 Å². The molecule has 20 heavy (non-hydrogen) atoms. The molecule has 1 aliphatic rings. The van der Waals surface area contributed by atoms with E-state index in [4.69, 9.17) is 10.9 Å². The Morgan fingerprint density at radius 1 is 1.55 bits per heavy atom. The molecule has 2 rings (SSSR count). The van der Waals surface area contributed by atoms with E-state index in [2.05, 4.69) is 23.9 Å². The van der Waals surface area contributed by atoms with Crippen molar-refractivity contribution < 1.29 is 10.1 Å². The number of non-ortho nitro benzene ring substituents is 1. The second-order valence-electron chi connectivity index (χ2n) is 5.51. The van der Waals surface area contributed by atoms with E-state index in [9.17, 15) is 10.1 Å². The Balaban J connectivity index is 2.55. The summed E-state index contributed by atoms with van der Waals surface area (Å²) in [6.07, 6.45) is 2.07. The van der Waals surface area contributed by atoms with Crippen LogP contribution in [0, 0.1) is 10.1 Å². The van der Waals surface area contributed by atoms with Crippen LogP contribution in [0.4, 0.5) is 11.4 Å². The lowest BCUT2D eigenvalue weighted by molar-refractivity contribution is -0.384. The SMILES string of the molecule is CC1(C)CCCN1c1ccc([N+](=O)[O-])cc1C(N)=NO. The average molecular weight is 278 g/mol. The summed E-state index contributed by atoms with van der Waals surface area (Å²) >= 11 is 0. The van der Waals surface area contributed by atoms with E-state index in [1.165, 1.54) is 12.1 Å². The fourth-order valence-corrected chi connectivity index (χ4v) is 2.69. The van der Waals surface area contributed by atoms with E-state index in [1.54, 1.807) is 6.07 Å². The minimum Gasteiger partial charge on any atom is -0.409 e. The number of anilines is 1. The van der Waals surface area contributed by atoms with Gasteiger partial charge in [0.05, 0.1) is 10.5 Å². The maximum Gasteiger partial charge on any atom is 0.270 e. The van der Waals surface area contributed by atoms with Crippen molar-refractivity contribution in [2.24, 2.45) is 10.9 Å². The smallest absolute Gasteiger partial charge is 0.270 e. The quantitative estimate of drug-likeness (QED) is 0.289. The largest absolute Gasteiger partial charge is 0.409 e. The lowest BCUT2D eigenvalue weighted by atomic mass is 10.00. The van der Waals surface area contributed by atoms with Crippen LogP contribution >= 0.6 is 0 Å². The van der Waals surface area contributed by atoms with E-state index >= 15 is 0 Å². The molecule has 0 saturated carbocycles. The van der Waals surface area contributed by atoms with Crippen LogP contribution in [0.2, 0.25) is 0 Å². The summed E-state index contributed by atoms with van der Waals surface area (Å²) in [4.78, 5) is 12.5. The molecule has 1 aromatic rings. The molecule has 0 radical (unpaired) electrons. The summed E-state index contributed by atoms with van der Waals surface area (Å²) in [7, 11) is 0. The first-order chi connectivity index (χ1) is 9.36. The van der Waals surface area contributed by atoms with Gasteiger partial charge in [-0.2, -0.15) is 0 Å². The zero-order valence-electron chi connectivity index (χ0n) is 11.5. The highest BCUT2D eigenvalue weighted by Gasteiger charge is 2.34. The first kappa shape index (κ1) is 14.1.